The molecule has 3 heterocycles. The van der Waals surface area contributed by atoms with Gasteiger partial charge in [0.1, 0.15) is 17.3 Å². The Morgan fingerprint density at radius 3 is 2.62 bits per heavy atom. The number of benzene rings is 1. The molecule has 3 aromatic heterocycles. The number of urea groups is 1. The fourth-order valence-electron chi connectivity index (χ4n) is 3.05. The summed E-state index contributed by atoms with van der Waals surface area (Å²) in [6.07, 6.45) is 5.22. The fraction of sp³-hybridized carbons (Fsp3) is 0.250. The maximum absolute atomic E-state index is 14.6. The molecule has 10 heteroatoms. The van der Waals surface area contributed by atoms with E-state index in [1.807, 2.05) is 33.9 Å². The lowest BCUT2D eigenvalue weighted by molar-refractivity contribution is 0.261. The van der Waals surface area contributed by atoms with E-state index in [9.17, 15) is 9.18 Å². The second-order valence-electron chi connectivity index (χ2n) is 8.61. The minimum atomic E-state index is -0.657. The van der Waals surface area contributed by atoms with Crippen molar-refractivity contribution in [3.63, 3.8) is 0 Å². The molecule has 2 N–H and O–H groups in total. The smallest absolute Gasteiger partial charge is 0.326 e. The molecule has 0 radical (unpaired) electrons. The maximum atomic E-state index is 14.6. The highest BCUT2D eigenvalue weighted by Gasteiger charge is 2.20. The van der Waals surface area contributed by atoms with E-state index in [0.29, 0.717) is 17.1 Å². The van der Waals surface area contributed by atoms with E-state index in [-0.39, 0.29) is 22.7 Å². The number of rotatable bonds is 6. The summed E-state index contributed by atoms with van der Waals surface area (Å²) in [7, 11) is 0. The van der Waals surface area contributed by atoms with E-state index in [4.69, 9.17) is 9.26 Å². The van der Waals surface area contributed by atoms with Crippen LogP contribution in [0.2, 0.25) is 0 Å². The van der Waals surface area contributed by atoms with Crippen LogP contribution in [0.25, 0.3) is 11.3 Å². The molecular formula is C24H25FN6O3. The van der Waals surface area contributed by atoms with Crippen LogP contribution in [0.3, 0.4) is 0 Å². The summed E-state index contributed by atoms with van der Waals surface area (Å²) >= 11 is 0. The van der Waals surface area contributed by atoms with Crippen molar-refractivity contribution < 1.29 is 18.4 Å². The van der Waals surface area contributed by atoms with Crippen LogP contribution in [0.15, 0.2) is 59.5 Å². The second kappa shape index (κ2) is 9.34. The molecule has 0 unspecified atom stereocenters. The number of ether oxygens (including phenoxy) is 1. The molecule has 1 aromatic carbocycles. The number of aromatic nitrogens is 4. The molecule has 0 aliphatic carbocycles. The molecule has 0 saturated heterocycles. The number of carbonyl (C=O) groups excluding carboxylic acids is 1. The number of anilines is 2. The monoisotopic (exact) mass is 464 g/mol. The van der Waals surface area contributed by atoms with Gasteiger partial charge in [-0.2, -0.15) is 5.10 Å². The molecular weight excluding hydrogens is 439 g/mol. The Hall–Kier alpha value is -4.21. The lowest BCUT2D eigenvalue weighted by Crippen LogP contribution is -2.19. The summed E-state index contributed by atoms with van der Waals surface area (Å²) in [5, 5.41) is 13.1. The van der Waals surface area contributed by atoms with Crippen molar-refractivity contribution in [1.29, 1.82) is 0 Å². The molecule has 0 atom stereocenters. The van der Waals surface area contributed by atoms with Crippen molar-refractivity contribution >= 4 is 17.6 Å². The molecule has 0 fully saturated rings. The number of aryl methyl sites for hydroxylation is 1. The van der Waals surface area contributed by atoms with Gasteiger partial charge in [-0.15, -0.1) is 0 Å². The van der Waals surface area contributed by atoms with E-state index < -0.39 is 11.8 Å². The Morgan fingerprint density at radius 2 is 1.94 bits per heavy atom. The molecule has 9 nitrogen and oxygen atoms in total. The van der Waals surface area contributed by atoms with Crippen molar-refractivity contribution in [1.82, 2.24) is 19.9 Å². The van der Waals surface area contributed by atoms with Crippen LogP contribution in [0.1, 0.15) is 33.4 Å². The van der Waals surface area contributed by atoms with Gasteiger partial charge in [0.15, 0.2) is 0 Å². The highest BCUT2D eigenvalue weighted by Crippen LogP contribution is 2.28. The van der Waals surface area contributed by atoms with E-state index in [1.54, 1.807) is 41.3 Å². The third-order valence-electron chi connectivity index (χ3n) is 4.92. The van der Waals surface area contributed by atoms with Crippen LogP contribution in [0.4, 0.5) is 20.8 Å². The first-order valence-corrected chi connectivity index (χ1v) is 10.7. The topological polar surface area (TPSA) is 107 Å². The summed E-state index contributed by atoms with van der Waals surface area (Å²) in [4.78, 5) is 16.6. The minimum Gasteiger partial charge on any atom is -0.457 e. The zero-order chi connectivity index (χ0) is 24.3. The van der Waals surface area contributed by atoms with Crippen LogP contribution in [0, 0.1) is 5.82 Å². The normalized spacial score (nSPS) is 11.3. The zero-order valence-corrected chi connectivity index (χ0v) is 19.3. The summed E-state index contributed by atoms with van der Waals surface area (Å²) in [5.74, 6) is 0.279. The summed E-state index contributed by atoms with van der Waals surface area (Å²) in [6.45, 7) is 8.67. The lowest BCUT2D eigenvalue weighted by Gasteiger charge is -2.12. The highest BCUT2D eigenvalue weighted by atomic mass is 19.1. The number of nitrogens with zero attached hydrogens (tertiary/aromatic N) is 4. The average Bonchev–Trinajstić information content (AvgIpc) is 3.45. The van der Waals surface area contributed by atoms with Crippen LogP contribution in [-0.2, 0) is 12.0 Å². The number of hydrogen-bond acceptors (Lipinski definition) is 6. The van der Waals surface area contributed by atoms with Gasteiger partial charge in [0, 0.05) is 48.1 Å². The molecule has 0 spiro atoms. The van der Waals surface area contributed by atoms with Gasteiger partial charge in [-0.25, -0.2) is 9.18 Å². The Bertz CT molecular complexity index is 1310. The van der Waals surface area contributed by atoms with E-state index in [0.717, 1.165) is 12.1 Å². The predicted octanol–water partition coefficient (Wildman–Crippen LogP) is 5.83. The van der Waals surface area contributed by atoms with Crippen molar-refractivity contribution in [3.05, 3.63) is 66.5 Å². The molecule has 0 bridgehead atoms. The highest BCUT2D eigenvalue weighted by molar-refractivity contribution is 5.99. The van der Waals surface area contributed by atoms with Crippen molar-refractivity contribution in [2.75, 3.05) is 10.6 Å². The third kappa shape index (κ3) is 5.40. The summed E-state index contributed by atoms with van der Waals surface area (Å²) < 4.78 is 27.3. The maximum Gasteiger partial charge on any atom is 0.326 e. The molecule has 0 aliphatic heterocycles. The van der Waals surface area contributed by atoms with E-state index >= 15 is 0 Å². The lowest BCUT2D eigenvalue weighted by atomic mass is 9.92. The molecule has 34 heavy (non-hydrogen) atoms. The van der Waals surface area contributed by atoms with Gasteiger partial charge in [0.2, 0.25) is 5.88 Å². The van der Waals surface area contributed by atoms with Gasteiger partial charge in [-0.05, 0) is 25.1 Å². The zero-order valence-electron chi connectivity index (χ0n) is 19.3. The Balaban J connectivity index is 1.41. The van der Waals surface area contributed by atoms with Gasteiger partial charge in [-0.3, -0.25) is 15.0 Å². The third-order valence-corrected chi connectivity index (χ3v) is 4.92. The number of amides is 2. The first-order chi connectivity index (χ1) is 16.2. The van der Waals surface area contributed by atoms with Crippen molar-refractivity contribution in [2.45, 2.75) is 39.7 Å². The quantitative estimate of drug-likeness (QED) is 0.372. The largest absolute Gasteiger partial charge is 0.457 e. The number of halogens is 1. The number of hydrogen-bond donors (Lipinski definition) is 2. The molecule has 4 rings (SSSR count). The average molecular weight is 465 g/mol. The number of carbonyl (C=O) groups is 1. The van der Waals surface area contributed by atoms with Crippen LogP contribution >= 0.6 is 0 Å². The van der Waals surface area contributed by atoms with Gasteiger partial charge < -0.3 is 14.6 Å². The van der Waals surface area contributed by atoms with E-state index in [2.05, 4.69) is 25.9 Å². The molecule has 4 aromatic rings. The second-order valence-corrected chi connectivity index (χ2v) is 8.61. The van der Waals surface area contributed by atoms with Crippen molar-refractivity contribution in [2.24, 2.45) is 0 Å². The fourth-order valence-corrected chi connectivity index (χ4v) is 3.05. The summed E-state index contributed by atoms with van der Waals surface area (Å²) in [5.41, 5.74) is 1.99. The molecule has 0 saturated carbocycles. The number of pyridine rings is 1. The van der Waals surface area contributed by atoms with Crippen LogP contribution in [0.5, 0.6) is 11.5 Å². The minimum absolute atomic E-state index is 0.0113. The Kier molecular flexibility index (Phi) is 6.31. The predicted molar refractivity (Wildman–Crippen MR) is 125 cm³/mol. The first kappa shape index (κ1) is 23.0. The standard InChI is InChI=1S/C24H25FN6O3/c1-5-31-14-15(13-27-31)20-11-17(8-9-26-20)33-16-6-7-19(18(25)10-16)28-23(32)29-22-12-21(30-34-22)24(2,3)4/h6-14H,5H2,1-4H3,(H2,28,29,32). The first-order valence-electron chi connectivity index (χ1n) is 10.7. The number of nitrogens with one attached hydrogen (secondary N) is 2. The molecule has 2 amide bonds. The Morgan fingerprint density at radius 1 is 1.15 bits per heavy atom. The van der Waals surface area contributed by atoms with Crippen LogP contribution < -0.4 is 15.4 Å². The van der Waals surface area contributed by atoms with Gasteiger partial charge in [0.05, 0.1) is 23.3 Å². The van der Waals surface area contributed by atoms with Crippen molar-refractivity contribution in [3.8, 4) is 22.8 Å². The molecule has 176 valence electrons. The summed E-state index contributed by atoms with van der Waals surface area (Å²) in [6, 6.07) is 8.56. The van der Waals surface area contributed by atoms with Crippen LogP contribution in [-0.4, -0.2) is 26.0 Å². The Labute approximate surface area is 195 Å². The van der Waals surface area contributed by atoms with Gasteiger partial charge in [-0.1, -0.05) is 25.9 Å². The molecule has 0 aliphatic rings. The van der Waals surface area contributed by atoms with E-state index in [1.165, 1.54) is 12.1 Å². The van der Waals surface area contributed by atoms with Gasteiger partial charge in [0.25, 0.3) is 0 Å². The van der Waals surface area contributed by atoms with Gasteiger partial charge >= 0.3 is 6.03 Å². The SMILES string of the molecule is CCn1cc(-c2cc(Oc3ccc(NC(=O)Nc4cc(C(C)(C)C)no4)c(F)c3)ccn2)cn1.